The predicted octanol–water partition coefficient (Wildman–Crippen LogP) is 0.265. The number of halogens is 1. The zero-order chi connectivity index (χ0) is 29.7. The smallest absolute Gasteiger partial charge is 0.328 e. The summed E-state index contributed by atoms with van der Waals surface area (Å²) in [7, 11) is 4.38. The van der Waals surface area contributed by atoms with Crippen molar-refractivity contribution in [1.29, 1.82) is 0 Å². The molecule has 5 rings (SSSR count). The Morgan fingerprint density at radius 1 is 1.15 bits per heavy atom. The first kappa shape index (κ1) is 28.9. The molecule has 0 aliphatic carbocycles. The number of benzene rings is 1. The van der Waals surface area contributed by atoms with E-state index in [-0.39, 0.29) is 66.8 Å². The molecule has 15 heteroatoms. The van der Waals surface area contributed by atoms with Crippen LogP contribution >= 0.6 is 0 Å². The minimum absolute atomic E-state index is 0.0376. The van der Waals surface area contributed by atoms with E-state index >= 15 is 4.39 Å². The van der Waals surface area contributed by atoms with Crippen LogP contribution in [0.4, 0.5) is 14.9 Å². The average molecular weight is 578 g/mol. The fourth-order valence-corrected chi connectivity index (χ4v) is 6.47. The molecule has 3 N–H and O–H groups in total. The van der Waals surface area contributed by atoms with E-state index in [1.807, 2.05) is 0 Å². The molecule has 3 atom stereocenters. The number of imide groups is 2. The summed E-state index contributed by atoms with van der Waals surface area (Å²) in [5.74, 6) is -3.13. The van der Waals surface area contributed by atoms with Crippen LogP contribution in [0.1, 0.15) is 29.9 Å². The predicted molar refractivity (Wildman–Crippen MR) is 139 cm³/mol. The number of amides is 5. The Labute approximate surface area is 234 Å². The van der Waals surface area contributed by atoms with Gasteiger partial charge in [-0.3, -0.25) is 25.0 Å². The minimum Gasteiger partial charge on any atom is -0.382 e. The summed E-state index contributed by atoms with van der Waals surface area (Å²) in [6.45, 7) is 3.75. The molecule has 1 aromatic carbocycles. The lowest BCUT2D eigenvalue weighted by atomic mass is 9.66. The van der Waals surface area contributed by atoms with Crippen molar-refractivity contribution in [3.05, 3.63) is 23.1 Å². The second kappa shape index (κ2) is 10.6. The molecule has 0 radical (unpaired) electrons. The number of hydrogen-bond acceptors (Lipinski definition) is 11. The number of morpholine rings is 1. The highest BCUT2D eigenvalue weighted by Gasteiger charge is 2.63. The van der Waals surface area contributed by atoms with Crippen LogP contribution in [0.3, 0.4) is 0 Å². The molecular formula is C26H32FN5O9. The first-order valence-corrected chi connectivity index (χ1v) is 13.0. The van der Waals surface area contributed by atoms with Crippen molar-refractivity contribution in [1.82, 2.24) is 21.1 Å². The van der Waals surface area contributed by atoms with Crippen LogP contribution in [0.25, 0.3) is 11.0 Å². The summed E-state index contributed by atoms with van der Waals surface area (Å²) < 4.78 is 43.4. The van der Waals surface area contributed by atoms with Gasteiger partial charge in [0.1, 0.15) is 5.54 Å². The summed E-state index contributed by atoms with van der Waals surface area (Å²) in [5, 5.41) is 11.1. The fraction of sp³-hybridized carbons (Fsp3) is 0.577. The molecule has 0 saturated carbocycles. The van der Waals surface area contributed by atoms with Crippen LogP contribution in [0.2, 0.25) is 0 Å². The van der Waals surface area contributed by atoms with Gasteiger partial charge in [-0.15, -0.1) is 0 Å². The number of nitrogens with zero attached hydrogens (tertiary/aromatic N) is 2. The molecule has 222 valence electrons. The SMILES string of the molecule is COCC(COC)(COC)NC(=O)c1noc2c(F)c3c(cc12)CC1(C(=O)NC(=O)NC1=O)C1[C@H](C)O[C@H](C)CN31. The number of carbonyl (C=O) groups is 4. The number of methoxy groups -OCH3 is 3. The topological polar surface area (TPSA) is 171 Å². The number of barbiturate groups is 1. The van der Waals surface area contributed by atoms with E-state index in [9.17, 15) is 19.2 Å². The minimum atomic E-state index is -1.81. The van der Waals surface area contributed by atoms with Crippen LogP contribution in [0.15, 0.2) is 10.6 Å². The Morgan fingerprint density at radius 3 is 2.34 bits per heavy atom. The molecule has 2 saturated heterocycles. The van der Waals surface area contributed by atoms with Gasteiger partial charge in [-0.1, -0.05) is 5.16 Å². The lowest BCUT2D eigenvalue weighted by molar-refractivity contribution is -0.153. The molecule has 1 spiro atoms. The van der Waals surface area contributed by atoms with Crippen LogP contribution in [0, 0.1) is 11.2 Å². The highest BCUT2D eigenvalue weighted by Crippen LogP contribution is 2.49. The standard InChI is InChI=1S/C26H32FN5O9/c1-12-8-32-18-14(7-26(20(32)13(2)40-12)22(34)28-24(36)29-23(26)35)6-15-17(31-41-19(15)16(18)27)21(33)30-25(9-37-3,10-38-4)11-39-5/h6,12-13,20H,7-11H2,1-5H3,(H,30,33)(H2,28,29,34,35,36)/t12-,13+,20?/m1/s1. The van der Waals surface area contributed by atoms with Crippen molar-refractivity contribution in [3.63, 3.8) is 0 Å². The molecule has 41 heavy (non-hydrogen) atoms. The molecule has 14 nitrogen and oxygen atoms in total. The number of urea groups is 1. The van der Waals surface area contributed by atoms with E-state index in [1.165, 1.54) is 27.4 Å². The van der Waals surface area contributed by atoms with Crippen molar-refractivity contribution in [2.75, 3.05) is 52.6 Å². The van der Waals surface area contributed by atoms with E-state index < -0.39 is 52.7 Å². The summed E-state index contributed by atoms with van der Waals surface area (Å²) in [4.78, 5) is 53.8. The first-order chi connectivity index (χ1) is 19.5. The number of fused-ring (bicyclic) bond motifs is 5. The highest BCUT2D eigenvalue weighted by molar-refractivity contribution is 6.20. The van der Waals surface area contributed by atoms with Gasteiger partial charge in [-0.05, 0) is 25.5 Å². The van der Waals surface area contributed by atoms with Gasteiger partial charge in [0, 0.05) is 34.3 Å². The lowest BCUT2D eigenvalue weighted by Gasteiger charge is -2.55. The Balaban J connectivity index is 1.64. The fourth-order valence-electron chi connectivity index (χ4n) is 6.47. The zero-order valence-corrected chi connectivity index (χ0v) is 23.3. The zero-order valence-electron chi connectivity index (χ0n) is 23.3. The van der Waals surface area contributed by atoms with Crippen molar-refractivity contribution < 1.29 is 47.0 Å². The van der Waals surface area contributed by atoms with E-state index in [0.29, 0.717) is 0 Å². The number of aromatic nitrogens is 1. The van der Waals surface area contributed by atoms with E-state index in [0.717, 1.165) is 0 Å². The summed E-state index contributed by atoms with van der Waals surface area (Å²) in [6.07, 6.45) is -1.32. The van der Waals surface area contributed by atoms with Gasteiger partial charge in [0.25, 0.3) is 5.91 Å². The third-order valence-corrected chi connectivity index (χ3v) is 7.82. The lowest BCUT2D eigenvalue weighted by Crippen LogP contribution is -2.75. The van der Waals surface area contributed by atoms with E-state index in [4.69, 9.17) is 23.5 Å². The second-order valence-corrected chi connectivity index (χ2v) is 10.8. The van der Waals surface area contributed by atoms with Gasteiger partial charge in [-0.2, -0.15) is 0 Å². The Kier molecular flexibility index (Phi) is 7.48. The maximum Gasteiger partial charge on any atom is 0.328 e. The monoisotopic (exact) mass is 577 g/mol. The van der Waals surface area contributed by atoms with Gasteiger partial charge in [0.2, 0.25) is 17.4 Å². The van der Waals surface area contributed by atoms with Crippen LogP contribution in [-0.2, 0) is 35.0 Å². The first-order valence-electron chi connectivity index (χ1n) is 13.0. The molecule has 2 fully saturated rings. The molecule has 1 unspecified atom stereocenters. The molecule has 3 aliphatic heterocycles. The maximum absolute atomic E-state index is 16.3. The molecule has 5 amide bonds. The van der Waals surface area contributed by atoms with Gasteiger partial charge in [0.15, 0.2) is 16.9 Å². The normalized spacial score (nSPS) is 23.7. The number of nitrogens with one attached hydrogen (secondary N) is 3. The van der Waals surface area contributed by atoms with Gasteiger partial charge >= 0.3 is 6.03 Å². The highest BCUT2D eigenvalue weighted by atomic mass is 19.1. The van der Waals surface area contributed by atoms with Gasteiger partial charge < -0.3 is 33.7 Å². The summed E-state index contributed by atoms with van der Waals surface area (Å²) >= 11 is 0. The molecule has 2 aromatic rings. The number of hydrogen-bond donors (Lipinski definition) is 3. The Morgan fingerprint density at radius 2 is 1.76 bits per heavy atom. The summed E-state index contributed by atoms with van der Waals surface area (Å²) in [6, 6.07) is -0.384. The van der Waals surface area contributed by atoms with Crippen LogP contribution in [-0.4, -0.2) is 100 Å². The number of anilines is 1. The van der Waals surface area contributed by atoms with E-state index in [2.05, 4.69) is 21.1 Å². The van der Waals surface area contributed by atoms with Gasteiger partial charge in [0.05, 0.1) is 49.1 Å². The Hall–Kier alpha value is -3.66. The molecule has 1 aromatic heterocycles. The number of carbonyl (C=O) groups excluding carboxylic acids is 4. The molecule has 4 heterocycles. The molecule has 3 aliphatic rings. The number of ether oxygens (including phenoxy) is 4. The maximum atomic E-state index is 16.3. The second-order valence-electron chi connectivity index (χ2n) is 10.8. The number of rotatable bonds is 8. The third-order valence-electron chi connectivity index (χ3n) is 7.82. The van der Waals surface area contributed by atoms with Crippen molar-refractivity contribution in [3.8, 4) is 0 Å². The van der Waals surface area contributed by atoms with Crippen LogP contribution in [0.5, 0.6) is 0 Å². The van der Waals surface area contributed by atoms with E-state index in [1.54, 1.807) is 18.7 Å². The van der Waals surface area contributed by atoms with Crippen molar-refractivity contribution in [2.24, 2.45) is 5.41 Å². The largest absolute Gasteiger partial charge is 0.382 e. The van der Waals surface area contributed by atoms with Crippen molar-refractivity contribution in [2.45, 2.75) is 44.1 Å². The third kappa shape index (κ3) is 4.52. The van der Waals surface area contributed by atoms with Crippen LogP contribution < -0.4 is 20.9 Å². The summed E-state index contributed by atoms with van der Waals surface area (Å²) in [5.41, 5.74) is -3.01. The van der Waals surface area contributed by atoms with Crippen molar-refractivity contribution >= 4 is 40.4 Å². The average Bonchev–Trinajstić information content (AvgIpc) is 3.31. The quantitative estimate of drug-likeness (QED) is 0.368. The molecular weight excluding hydrogens is 545 g/mol. The Bertz CT molecular complexity index is 1370. The van der Waals surface area contributed by atoms with Gasteiger partial charge in [-0.25, -0.2) is 9.18 Å². The molecule has 0 bridgehead atoms.